The number of benzene rings is 1. The molecule has 2 fully saturated rings. The molecule has 0 radical (unpaired) electrons. The van der Waals surface area contributed by atoms with Gasteiger partial charge in [0.15, 0.2) is 14.4 Å². The second-order valence-electron chi connectivity index (χ2n) is 10.3. The maximum atomic E-state index is 12.6. The Morgan fingerprint density at radius 3 is 2.45 bits per heavy atom. The van der Waals surface area contributed by atoms with Crippen molar-refractivity contribution in [3.05, 3.63) is 35.9 Å². The zero-order valence-corrected chi connectivity index (χ0v) is 21.0. The Labute approximate surface area is 195 Å². The number of hydrogen-bond acceptors (Lipinski definition) is 6. The lowest BCUT2D eigenvalue weighted by Gasteiger charge is -2.47. The molecule has 3 rings (SSSR count). The second kappa shape index (κ2) is 9.34. The van der Waals surface area contributed by atoms with E-state index in [-0.39, 0.29) is 18.1 Å². The van der Waals surface area contributed by atoms with Gasteiger partial charge in [-0.3, -0.25) is 4.79 Å². The number of nitrogens with one attached hydrogen (secondary N) is 1. The predicted molar refractivity (Wildman–Crippen MR) is 123 cm³/mol. The summed E-state index contributed by atoms with van der Waals surface area (Å²) in [5.74, 6) is -1.96. The Morgan fingerprint density at radius 2 is 1.88 bits per heavy atom. The van der Waals surface area contributed by atoms with Crippen LogP contribution in [0.3, 0.4) is 0 Å². The highest BCUT2D eigenvalue weighted by atomic mass is 28.4. The number of amides is 2. The summed E-state index contributed by atoms with van der Waals surface area (Å²) < 4.78 is 17.6. The third kappa shape index (κ3) is 5.32. The lowest BCUT2D eigenvalue weighted by molar-refractivity contribution is -0.148. The first-order valence-corrected chi connectivity index (χ1v) is 14.0. The van der Waals surface area contributed by atoms with Crippen molar-refractivity contribution in [1.82, 2.24) is 10.2 Å². The second-order valence-corrected chi connectivity index (χ2v) is 15.0. The lowest BCUT2D eigenvalue weighted by atomic mass is 9.77. The molecule has 1 aliphatic carbocycles. The van der Waals surface area contributed by atoms with Crippen molar-refractivity contribution < 1.29 is 33.4 Å². The third-order valence-corrected chi connectivity index (χ3v) is 11.5. The van der Waals surface area contributed by atoms with Crippen LogP contribution >= 0.6 is 0 Å². The molecule has 182 valence electrons. The Balaban J connectivity index is 1.85. The molecule has 5 atom stereocenters. The van der Waals surface area contributed by atoms with Gasteiger partial charge in [0.2, 0.25) is 0 Å². The van der Waals surface area contributed by atoms with Crippen molar-refractivity contribution in [2.24, 2.45) is 5.92 Å². The number of carboxylic acids is 1. The standard InChI is InChI=1S/C23H34N2O7Si/c1-23(2,3)33(5,6)32-18-16(24-21(28)30-13-14-10-8-7-9-11-14)12-15(20(26)27)17-19(18)31-22(29)25(17)4/h7-11,15-19H,12-13H2,1-6H3,(H,24,28)(H,26,27)/t15-,16+,17-,18-,19?/m1/s1. The van der Waals surface area contributed by atoms with Crippen LogP contribution < -0.4 is 5.32 Å². The van der Waals surface area contributed by atoms with Crippen LogP contribution in [0.2, 0.25) is 18.1 Å². The lowest BCUT2D eigenvalue weighted by Crippen LogP contribution is -2.64. The molecular formula is C23H34N2O7Si. The summed E-state index contributed by atoms with van der Waals surface area (Å²) in [5.41, 5.74) is 0.834. The van der Waals surface area contributed by atoms with Crippen LogP contribution in [-0.4, -0.2) is 67.8 Å². The first-order chi connectivity index (χ1) is 15.3. The number of ether oxygens (including phenoxy) is 2. The molecule has 2 N–H and O–H groups in total. The molecule has 1 aliphatic heterocycles. The number of carbonyl (C=O) groups excluding carboxylic acids is 2. The van der Waals surface area contributed by atoms with Gasteiger partial charge >= 0.3 is 18.2 Å². The molecule has 1 heterocycles. The van der Waals surface area contributed by atoms with Crippen LogP contribution in [0.1, 0.15) is 32.8 Å². The van der Waals surface area contributed by atoms with Gasteiger partial charge in [-0.25, -0.2) is 9.59 Å². The highest BCUT2D eigenvalue weighted by molar-refractivity contribution is 6.74. The van der Waals surface area contributed by atoms with Gasteiger partial charge in [0, 0.05) is 7.05 Å². The smallest absolute Gasteiger partial charge is 0.410 e. The minimum Gasteiger partial charge on any atom is -0.481 e. The molecule has 1 unspecified atom stereocenters. The molecule has 0 bridgehead atoms. The molecule has 10 heteroatoms. The molecule has 2 aliphatic rings. The van der Waals surface area contributed by atoms with Gasteiger partial charge in [0.1, 0.15) is 12.7 Å². The van der Waals surface area contributed by atoms with Gasteiger partial charge in [-0.15, -0.1) is 0 Å². The molecule has 2 amide bonds. The van der Waals surface area contributed by atoms with E-state index in [0.29, 0.717) is 0 Å². The van der Waals surface area contributed by atoms with E-state index in [9.17, 15) is 19.5 Å². The van der Waals surface area contributed by atoms with Crippen LogP contribution in [-0.2, 0) is 25.3 Å². The number of nitrogens with zero attached hydrogens (tertiary/aromatic N) is 1. The molecule has 1 aromatic carbocycles. The highest BCUT2D eigenvalue weighted by Crippen LogP contribution is 2.43. The van der Waals surface area contributed by atoms with Crippen molar-refractivity contribution in [2.45, 2.75) is 76.2 Å². The maximum Gasteiger partial charge on any atom is 0.410 e. The van der Waals surface area contributed by atoms with Crippen molar-refractivity contribution in [2.75, 3.05) is 7.05 Å². The molecule has 33 heavy (non-hydrogen) atoms. The zero-order chi connectivity index (χ0) is 24.6. The van der Waals surface area contributed by atoms with Gasteiger partial charge in [0.05, 0.1) is 18.0 Å². The van der Waals surface area contributed by atoms with E-state index in [1.54, 1.807) is 0 Å². The van der Waals surface area contributed by atoms with Crippen LogP contribution in [0.25, 0.3) is 0 Å². The fourth-order valence-corrected chi connectivity index (χ4v) is 5.45. The molecule has 9 nitrogen and oxygen atoms in total. The van der Waals surface area contributed by atoms with Crippen LogP contribution in [0.4, 0.5) is 9.59 Å². The van der Waals surface area contributed by atoms with Gasteiger partial charge in [-0.05, 0) is 30.1 Å². The average molecular weight is 479 g/mol. The Kier molecular flexibility index (Phi) is 7.09. The first kappa shape index (κ1) is 25.0. The topological polar surface area (TPSA) is 114 Å². The van der Waals surface area contributed by atoms with E-state index in [1.807, 2.05) is 30.3 Å². The molecule has 1 aromatic rings. The molecule has 0 aromatic heterocycles. The Bertz CT molecular complexity index is 887. The minimum atomic E-state index is -2.36. The van der Waals surface area contributed by atoms with Crippen LogP contribution in [0, 0.1) is 5.92 Å². The summed E-state index contributed by atoms with van der Waals surface area (Å²) >= 11 is 0. The fraction of sp³-hybridized carbons (Fsp3) is 0.609. The van der Waals surface area contributed by atoms with Crippen LogP contribution in [0.5, 0.6) is 0 Å². The molecule has 1 saturated carbocycles. The normalized spacial score (nSPS) is 27.5. The first-order valence-electron chi connectivity index (χ1n) is 11.1. The summed E-state index contributed by atoms with van der Waals surface area (Å²) in [5, 5.41) is 12.5. The predicted octanol–water partition coefficient (Wildman–Crippen LogP) is 3.60. The van der Waals surface area contributed by atoms with E-state index in [4.69, 9.17) is 13.9 Å². The number of likely N-dealkylation sites (N-methyl/N-ethyl adjacent to an activating group) is 1. The van der Waals surface area contributed by atoms with Crippen molar-refractivity contribution in [1.29, 1.82) is 0 Å². The van der Waals surface area contributed by atoms with Crippen molar-refractivity contribution in [3.63, 3.8) is 0 Å². The summed E-state index contributed by atoms with van der Waals surface area (Å²) in [6, 6.07) is 7.89. The zero-order valence-electron chi connectivity index (χ0n) is 20.0. The van der Waals surface area contributed by atoms with E-state index in [2.05, 4.69) is 39.2 Å². The highest BCUT2D eigenvalue weighted by Gasteiger charge is 2.58. The minimum absolute atomic E-state index is 0.0826. The van der Waals surface area contributed by atoms with Gasteiger partial charge in [-0.2, -0.15) is 0 Å². The fourth-order valence-electron chi connectivity index (χ4n) is 4.12. The Hall–Kier alpha value is -2.59. The number of carbonyl (C=O) groups is 3. The van der Waals surface area contributed by atoms with E-state index in [0.717, 1.165) is 5.56 Å². The largest absolute Gasteiger partial charge is 0.481 e. The van der Waals surface area contributed by atoms with Gasteiger partial charge in [0.25, 0.3) is 0 Å². The number of aliphatic carboxylic acids is 1. The van der Waals surface area contributed by atoms with Gasteiger partial charge in [-0.1, -0.05) is 51.1 Å². The van der Waals surface area contributed by atoms with E-state index < -0.39 is 56.7 Å². The average Bonchev–Trinajstić information content (AvgIpc) is 3.02. The van der Waals surface area contributed by atoms with Crippen molar-refractivity contribution in [3.8, 4) is 0 Å². The Morgan fingerprint density at radius 1 is 1.24 bits per heavy atom. The van der Waals surface area contributed by atoms with E-state index in [1.165, 1.54) is 11.9 Å². The number of fused-ring (bicyclic) bond motifs is 1. The maximum absolute atomic E-state index is 12.6. The number of rotatable bonds is 6. The quantitative estimate of drug-likeness (QED) is 0.601. The number of alkyl carbamates (subject to hydrolysis) is 1. The molecular weight excluding hydrogens is 444 g/mol. The van der Waals surface area contributed by atoms with Crippen LogP contribution in [0.15, 0.2) is 30.3 Å². The summed E-state index contributed by atoms with van der Waals surface area (Å²) in [7, 11) is -0.823. The van der Waals surface area contributed by atoms with E-state index >= 15 is 0 Å². The van der Waals surface area contributed by atoms with Gasteiger partial charge < -0.3 is 29.2 Å². The molecule has 0 spiro atoms. The number of carboxylic acid groups (broad SMARTS) is 1. The SMILES string of the molecule is CN1C(=O)OC2[C@H](O[Si](C)(C)C(C)(C)C)[C@@H](NC(=O)OCc3ccccc3)C[C@@H](C(=O)O)[C@H]21. The number of hydrogen-bond donors (Lipinski definition) is 2. The molecule has 1 saturated heterocycles. The van der Waals surface area contributed by atoms with Crippen molar-refractivity contribution >= 4 is 26.5 Å². The monoisotopic (exact) mass is 478 g/mol. The summed E-state index contributed by atoms with van der Waals surface area (Å²) in [6.45, 7) is 10.5. The summed E-state index contributed by atoms with van der Waals surface area (Å²) in [4.78, 5) is 38.4. The third-order valence-electron chi connectivity index (χ3n) is 7.02. The summed E-state index contributed by atoms with van der Waals surface area (Å²) in [6.07, 6.45) is -2.67.